The van der Waals surface area contributed by atoms with Gasteiger partial charge in [0.15, 0.2) is 11.7 Å². The first kappa shape index (κ1) is 25.2. The van der Waals surface area contributed by atoms with Gasteiger partial charge in [-0.3, -0.25) is 0 Å². The number of guanidine groups is 1. The molecule has 2 N–H and O–H groups in total. The van der Waals surface area contributed by atoms with Gasteiger partial charge >= 0.3 is 0 Å². The Balaban J connectivity index is 0.00000420. The lowest BCUT2D eigenvalue weighted by Crippen LogP contribution is -2.36. The molecule has 29 heavy (non-hydrogen) atoms. The summed E-state index contributed by atoms with van der Waals surface area (Å²) in [5.41, 5.74) is 2.06. The van der Waals surface area contributed by atoms with Crippen molar-refractivity contribution in [3.8, 4) is 5.75 Å². The van der Waals surface area contributed by atoms with E-state index in [9.17, 15) is 0 Å². The van der Waals surface area contributed by atoms with Gasteiger partial charge in [-0.25, -0.2) is 4.99 Å². The standard InChI is InChI=1S/C21H33N5O2.HI/c1-6-22-21(24-15-19-13-20(16(2)3)25-28-19)23-14-17-8-7-9-18(12-17)27-11-10-26(4)5;/h7-9,12-13,16H,6,10-11,14-15H2,1-5H3,(H2,22,23,24);1H. The Hall–Kier alpha value is -1.81. The number of benzene rings is 1. The third kappa shape index (κ3) is 9.49. The maximum atomic E-state index is 5.80. The quantitative estimate of drug-likeness (QED) is 0.286. The SMILES string of the molecule is CCNC(=NCc1cccc(OCCN(C)C)c1)NCc1cc(C(C)C)no1.I. The molecule has 8 heteroatoms. The van der Waals surface area contributed by atoms with Crippen LogP contribution < -0.4 is 15.4 Å². The first-order valence-electron chi connectivity index (χ1n) is 9.82. The maximum absolute atomic E-state index is 5.80. The summed E-state index contributed by atoms with van der Waals surface area (Å²) in [6, 6.07) is 10.0. The van der Waals surface area contributed by atoms with Crippen LogP contribution >= 0.6 is 24.0 Å². The number of hydrogen-bond acceptors (Lipinski definition) is 5. The number of hydrogen-bond donors (Lipinski definition) is 2. The summed E-state index contributed by atoms with van der Waals surface area (Å²) >= 11 is 0. The molecular formula is C21H34IN5O2. The minimum absolute atomic E-state index is 0. The minimum atomic E-state index is 0. The minimum Gasteiger partial charge on any atom is -0.492 e. The summed E-state index contributed by atoms with van der Waals surface area (Å²) in [5, 5.41) is 10.6. The predicted molar refractivity (Wildman–Crippen MR) is 128 cm³/mol. The van der Waals surface area contributed by atoms with Crippen LogP contribution in [0.2, 0.25) is 0 Å². The van der Waals surface area contributed by atoms with E-state index in [1.54, 1.807) is 0 Å². The lowest BCUT2D eigenvalue weighted by Gasteiger charge is -2.12. The number of likely N-dealkylation sites (N-methyl/N-ethyl adjacent to an activating group) is 1. The number of aliphatic imine (C=N–C) groups is 1. The van der Waals surface area contributed by atoms with Gasteiger partial charge < -0.3 is 24.8 Å². The Kier molecular flexibility index (Phi) is 11.7. The average Bonchev–Trinajstić information content (AvgIpc) is 3.13. The van der Waals surface area contributed by atoms with Crippen molar-refractivity contribution in [2.75, 3.05) is 33.8 Å². The van der Waals surface area contributed by atoms with E-state index in [0.717, 1.165) is 41.8 Å². The molecule has 0 aliphatic rings. The molecule has 0 aliphatic heterocycles. The third-order valence-corrected chi connectivity index (χ3v) is 4.07. The molecule has 1 aromatic carbocycles. The van der Waals surface area contributed by atoms with Crippen molar-refractivity contribution in [1.29, 1.82) is 0 Å². The van der Waals surface area contributed by atoms with Gasteiger partial charge in [-0.2, -0.15) is 0 Å². The zero-order valence-corrected chi connectivity index (χ0v) is 20.4. The molecule has 0 aliphatic carbocycles. The average molecular weight is 515 g/mol. The molecule has 0 saturated heterocycles. The van der Waals surface area contributed by atoms with Crippen LogP contribution in [0, 0.1) is 0 Å². The second-order valence-electron chi connectivity index (χ2n) is 7.22. The van der Waals surface area contributed by atoms with E-state index in [2.05, 4.69) is 45.6 Å². The fourth-order valence-electron chi connectivity index (χ4n) is 2.45. The topological polar surface area (TPSA) is 74.9 Å². The van der Waals surface area contributed by atoms with Crippen molar-refractivity contribution in [3.63, 3.8) is 0 Å². The number of halogens is 1. The molecule has 0 fully saturated rings. The highest BCUT2D eigenvalue weighted by molar-refractivity contribution is 14.0. The van der Waals surface area contributed by atoms with Gasteiger partial charge in [0, 0.05) is 19.2 Å². The highest BCUT2D eigenvalue weighted by Gasteiger charge is 2.08. The Morgan fingerprint density at radius 1 is 1.24 bits per heavy atom. The van der Waals surface area contributed by atoms with Crippen molar-refractivity contribution < 1.29 is 9.26 Å². The number of nitrogens with zero attached hydrogens (tertiary/aromatic N) is 3. The van der Waals surface area contributed by atoms with Crippen molar-refractivity contribution in [1.82, 2.24) is 20.7 Å². The van der Waals surface area contributed by atoms with Gasteiger partial charge in [-0.05, 0) is 44.6 Å². The summed E-state index contributed by atoms with van der Waals surface area (Å²) in [4.78, 5) is 6.76. The second-order valence-corrected chi connectivity index (χ2v) is 7.22. The maximum Gasteiger partial charge on any atom is 0.191 e. The molecule has 1 aromatic heterocycles. The molecule has 0 saturated carbocycles. The van der Waals surface area contributed by atoms with Crippen molar-refractivity contribution in [2.24, 2.45) is 4.99 Å². The highest BCUT2D eigenvalue weighted by atomic mass is 127. The largest absolute Gasteiger partial charge is 0.492 e. The van der Waals surface area contributed by atoms with Gasteiger partial charge in [0.25, 0.3) is 0 Å². The van der Waals surface area contributed by atoms with Crippen LogP contribution in [-0.4, -0.2) is 49.8 Å². The van der Waals surface area contributed by atoms with Gasteiger partial charge in [0.05, 0.1) is 18.8 Å². The van der Waals surface area contributed by atoms with Gasteiger partial charge in [0.1, 0.15) is 12.4 Å². The molecule has 7 nitrogen and oxygen atoms in total. The molecule has 0 spiro atoms. The molecule has 0 bridgehead atoms. The van der Waals surface area contributed by atoms with Crippen LogP contribution in [0.4, 0.5) is 0 Å². The fourth-order valence-corrected chi connectivity index (χ4v) is 2.45. The molecule has 162 valence electrons. The first-order valence-corrected chi connectivity index (χ1v) is 9.82. The van der Waals surface area contributed by atoms with Crippen molar-refractivity contribution >= 4 is 29.9 Å². The van der Waals surface area contributed by atoms with E-state index < -0.39 is 0 Å². The number of nitrogens with one attached hydrogen (secondary N) is 2. The Labute approximate surface area is 191 Å². The molecule has 0 amide bonds. The smallest absolute Gasteiger partial charge is 0.191 e. The van der Waals surface area contributed by atoms with Gasteiger partial charge in [0.2, 0.25) is 0 Å². The lowest BCUT2D eigenvalue weighted by atomic mass is 10.1. The van der Waals surface area contributed by atoms with E-state index in [4.69, 9.17) is 9.26 Å². The lowest BCUT2D eigenvalue weighted by molar-refractivity contribution is 0.261. The highest BCUT2D eigenvalue weighted by Crippen LogP contribution is 2.15. The molecule has 1 heterocycles. The van der Waals surface area contributed by atoms with Crippen LogP contribution in [0.3, 0.4) is 0 Å². The van der Waals surface area contributed by atoms with Crippen molar-refractivity contribution in [3.05, 3.63) is 47.3 Å². The Bertz CT molecular complexity index is 746. The van der Waals surface area contributed by atoms with Crippen LogP contribution in [0.25, 0.3) is 0 Å². The molecule has 0 atom stereocenters. The molecule has 2 rings (SSSR count). The summed E-state index contributed by atoms with van der Waals surface area (Å²) in [7, 11) is 4.07. The van der Waals surface area contributed by atoms with Crippen molar-refractivity contribution in [2.45, 2.75) is 39.8 Å². The molecule has 0 unspecified atom stereocenters. The zero-order valence-electron chi connectivity index (χ0n) is 18.1. The third-order valence-electron chi connectivity index (χ3n) is 4.07. The van der Waals surface area contributed by atoms with Gasteiger partial charge in [-0.1, -0.05) is 31.1 Å². The number of ether oxygens (including phenoxy) is 1. The van der Waals surface area contributed by atoms with E-state index in [1.807, 2.05) is 45.3 Å². The predicted octanol–water partition coefficient (Wildman–Crippen LogP) is 3.61. The van der Waals surface area contributed by atoms with E-state index >= 15 is 0 Å². The normalized spacial score (nSPS) is 11.5. The first-order chi connectivity index (χ1) is 13.5. The fraction of sp³-hybridized carbons (Fsp3) is 0.524. The van der Waals surface area contributed by atoms with Crippen LogP contribution in [0.1, 0.15) is 43.7 Å². The van der Waals surface area contributed by atoms with Crippen LogP contribution in [0.15, 0.2) is 39.8 Å². The number of aromatic nitrogens is 1. The number of rotatable bonds is 10. The molecular weight excluding hydrogens is 481 g/mol. The van der Waals surface area contributed by atoms with Crippen LogP contribution in [0.5, 0.6) is 5.75 Å². The summed E-state index contributed by atoms with van der Waals surface area (Å²) in [6.07, 6.45) is 0. The summed E-state index contributed by atoms with van der Waals surface area (Å²) in [6.45, 7) is 9.68. The zero-order chi connectivity index (χ0) is 20.4. The second kappa shape index (κ2) is 13.4. The van der Waals surface area contributed by atoms with E-state index in [0.29, 0.717) is 25.6 Å². The Morgan fingerprint density at radius 3 is 2.69 bits per heavy atom. The van der Waals surface area contributed by atoms with E-state index in [-0.39, 0.29) is 24.0 Å². The van der Waals surface area contributed by atoms with Gasteiger partial charge in [-0.15, -0.1) is 24.0 Å². The molecule has 2 aromatic rings. The van der Waals surface area contributed by atoms with E-state index in [1.165, 1.54) is 0 Å². The monoisotopic (exact) mass is 515 g/mol. The molecule has 0 radical (unpaired) electrons. The van der Waals surface area contributed by atoms with Crippen LogP contribution in [-0.2, 0) is 13.1 Å². The Morgan fingerprint density at radius 2 is 2.03 bits per heavy atom. The summed E-state index contributed by atoms with van der Waals surface area (Å²) < 4.78 is 11.2. The summed E-state index contributed by atoms with van der Waals surface area (Å²) in [5.74, 6) is 2.76.